The van der Waals surface area contributed by atoms with Gasteiger partial charge in [0.25, 0.3) is 0 Å². The molecule has 2 spiro atoms. The van der Waals surface area contributed by atoms with Gasteiger partial charge in [-0.15, -0.1) is 0 Å². The molecule has 164 valence electrons. The first-order valence-electron chi connectivity index (χ1n) is 11.7. The third kappa shape index (κ3) is 3.66. The Morgan fingerprint density at radius 2 is 1.81 bits per heavy atom. The Balaban J connectivity index is 1.35. The molecule has 0 N–H and O–H groups in total. The average Bonchev–Trinajstić information content (AvgIpc) is 3.28. The highest BCUT2D eigenvalue weighted by molar-refractivity contribution is 5.86. The zero-order valence-corrected chi connectivity index (χ0v) is 18.5. The molecule has 3 fully saturated rings. The Bertz CT molecular complexity index is 897. The summed E-state index contributed by atoms with van der Waals surface area (Å²) in [6.07, 6.45) is 8.84. The lowest BCUT2D eigenvalue weighted by Crippen LogP contribution is -2.52. The van der Waals surface area contributed by atoms with E-state index in [1.165, 1.54) is 5.56 Å². The Morgan fingerprint density at radius 3 is 2.48 bits per heavy atom. The van der Waals surface area contributed by atoms with Gasteiger partial charge in [0.1, 0.15) is 0 Å². The van der Waals surface area contributed by atoms with Crippen LogP contribution in [0.4, 0.5) is 0 Å². The van der Waals surface area contributed by atoms with Crippen molar-refractivity contribution in [3.05, 3.63) is 60.2 Å². The van der Waals surface area contributed by atoms with E-state index in [1.54, 1.807) is 0 Å². The van der Waals surface area contributed by atoms with E-state index in [-0.39, 0.29) is 10.8 Å². The molecular formula is C25H33N5O. The second-order valence-electron chi connectivity index (χ2n) is 9.60. The van der Waals surface area contributed by atoms with E-state index in [0.29, 0.717) is 5.91 Å². The standard InChI is InChI=1S/C25H33N5O/c1-2-30-15-10-25(23(30)31)20-29(17-21-6-5-11-26-16-21)19-24(25)8-13-28(14-9-24)18-22-7-3-4-12-27-22/h3-7,11-12,16H,2,8-10,13-15,17-20H2,1H3/t25-/m1/s1. The summed E-state index contributed by atoms with van der Waals surface area (Å²) in [5.74, 6) is 0.405. The molecule has 6 nitrogen and oxygen atoms in total. The lowest BCUT2D eigenvalue weighted by Gasteiger charge is -2.47. The highest BCUT2D eigenvalue weighted by Gasteiger charge is 2.64. The van der Waals surface area contributed by atoms with Crippen LogP contribution in [0.2, 0.25) is 0 Å². The average molecular weight is 420 g/mol. The summed E-state index contributed by atoms with van der Waals surface area (Å²) in [5.41, 5.74) is 2.23. The molecular weight excluding hydrogens is 386 g/mol. The van der Waals surface area contributed by atoms with Crippen LogP contribution in [-0.2, 0) is 17.9 Å². The topological polar surface area (TPSA) is 52.6 Å². The predicted octanol–water partition coefficient (Wildman–Crippen LogP) is 2.81. The summed E-state index contributed by atoms with van der Waals surface area (Å²) in [7, 11) is 0. The fourth-order valence-corrected chi connectivity index (χ4v) is 6.32. The molecule has 5 heterocycles. The van der Waals surface area contributed by atoms with Gasteiger partial charge >= 0.3 is 0 Å². The third-order valence-electron chi connectivity index (χ3n) is 7.98. The molecule has 2 aromatic rings. The summed E-state index contributed by atoms with van der Waals surface area (Å²) in [4.78, 5) is 29.6. The lowest BCUT2D eigenvalue weighted by atomic mass is 9.60. The third-order valence-corrected chi connectivity index (χ3v) is 7.98. The maximum atomic E-state index is 13.7. The van der Waals surface area contributed by atoms with Crippen LogP contribution in [-0.4, -0.2) is 69.8 Å². The van der Waals surface area contributed by atoms with Gasteiger partial charge in [0, 0.05) is 63.3 Å². The van der Waals surface area contributed by atoms with Gasteiger partial charge in [-0.05, 0) is 63.0 Å². The van der Waals surface area contributed by atoms with Crippen LogP contribution in [0.5, 0.6) is 0 Å². The number of fused-ring (bicyclic) bond motifs is 1. The van der Waals surface area contributed by atoms with E-state index in [9.17, 15) is 4.79 Å². The van der Waals surface area contributed by atoms with Crippen LogP contribution in [0, 0.1) is 10.8 Å². The number of aromatic nitrogens is 2. The van der Waals surface area contributed by atoms with Crippen LogP contribution in [0.1, 0.15) is 37.4 Å². The fraction of sp³-hybridized carbons (Fsp3) is 0.560. The molecule has 0 unspecified atom stereocenters. The number of rotatable bonds is 5. The van der Waals surface area contributed by atoms with Crippen LogP contribution in [0.15, 0.2) is 48.9 Å². The van der Waals surface area contributed by atoms with Crippen molar-refractivity contribution in [3.63, 3.8) is 0 Å². The van der Waals surface area contributed by atoms with E-state index >= 15 is 0 Å². The number of likely N-dealkylation sites (tertiary alicyclic amines) is 3. The molecule has 0 bridgehead atoms. The first kappa shape index (κ1) is 20.6. The van der Waals surface area contributed by atoms with Crippen LogP contribution in [0.3, 0.4) is 0 Å². The summed E-state index contributed by atoms with van der Waals surface area (Å²) < 4.78 is 0. The van der Waals surface area contributed by atoms with Gasteiger partial charge in [0.2, 0.25) is 5.91 Å². The predicted molar refractivity (Wildman–Crippen MR) is 120 cm³/mol. The van der Waals surface area contributed by atoms with Crippen LogP contribution < -0.4 is 0 Å². The summed E-state index contributed by atoms with van der Waals surface area (Å²) >= 11 is 0. The van der Waals surface area contributed by atoms with E-state index in [4.69, 9.17) is 0 Å². The number of hydrogen-bond donors (Lipinski definition) is 0. The molecule has 3 aliphatic rings. The molecule has 6 heteroatoms. The molecule has 1 amide bonds. The number of carbonyl (C=O) groups excluding carboxylic acids is 1. The van der Waals surface area contributed by atoms with Gasteiger partial charge in [-0.25, -0.2) is 0 Å². The van der Waals surface area contributed by atoms with E-state index in [1.807, 2.05) is 30.7 Å². The maximum absolute atomic E-state index is 13.7. The minimum absolute atomic E-state index is 0.0802. The molecule has 31 heavy (non-hydrogen) atoms. The monoisotopic (exact) mass is 419 g/mol. The second kappa shape index (κ2) is 8.32. The summed E-state index contributed by atoms with van der Waals surface area (Å²) in [5, 5.41) is 0. The van der Waals surface area contributed by atoms with Crippen molar-refractivity contribution < 1.29 is 4.79 Å². The van der Waals surface area contributed by atoms with Crippen molar-refractivity contribution in [1.29, 1.82) is 0 Å². The summed E-state index contributed by atoms with van der Waals surface area (Å²) in [6.45, 7) is 9.62. The van der Waals surface area contributed by atoms with Crippen molar-refractivity contribution in [2.75, 3.05) is 39.3 Å². The Hall–Kier alpha value is -2.31. The SMILES string of the molecule is CCN1CC[C@@]2(CN(Cc3cccnc3)CC23CCN(Cc2ccccn2)CC3)C1=O. The maximum Gasteiger partial charge on any atom is 0.230 e. The number of piperidine rings is 1. The van der Waals surface area contributed by atoms with Crippen molar-refractivity contribution in [3.8, 4) is 0 Å². The molecule has 0 aromatic carbocycles. The molecule has 1 atom stereocenters. The molecule has 0 saturated carbocycles. The number of hydrogen-bond acceptors (Lipinski definition) is 5. The van der Waals surface area contributed by atoms with Crippen LogP contribution in [0.25, 0.3) is 0 Å². The lowest BCUT2D eigenvalue weighted by molar-refractivity contribution is -0.142. The fourth-order valence-electron chi connectivity index (χ4n) is 6.32. The zero-order valence-electron chi connectivity index (χ0n) is 18.5. The molecule has 2 aromatic heterocycles. The van der Waals surface area contributed by atoms with Crippen molar-refractivity contribution in [2.24, 2.45) is 10.8 Å². The van der Waals surface area contributed by atoms with Crippen molar-refractivity contribution in [1.82, 2.24) is 24.7 Å². The molecule has 3 saturated heterocycles. The Kier molecular flexibility index (Phi) is 5.52. The molecule has 3 aliphatic heterocycles. The number of pyridine rings is 2. The normalized spacial score (nSPS) is 26.4. The first-order valence-corrected chi connectivity index (χ1v) is 11.7. The minimum Gasteiger partial charge on any atom is -0.342 e. The first-order chi connectivity index (χ1) is 15.1. The van der Waals surface area contributed by atoms with E-state index in [0.717, 1.165) is 77.3 Å². The van der Waals surface area contributed by atoms with Gasteiger partial charge in [0.15, 0.2) is 0 Å². The van der Waals surface area contributed by atoms with Crippen LogP contribution >= 0.6 is 0 Å². The number of amides is 1. The van der Waals surface area contributed by atoms with Gasteiger partial charge in [-0.1, -0.05) is 12.1 Å². The quantitative estimate of drug-likeness (QED) is 0.746. The summed E-state index contributed by atoms with van der Waals surface area (Å²) in [6, 6.07) is 10.3. The van der Waals surface area contributed by atoms with Gasteiger partial charge in [-0.2, -0.15) is 0 Å². The smallest absolute Gasteiger partial charge is 0.230 e. The van der Waals surface area contributed by atoms with Gasteiger partial charge in [0.05, 0.1) is 11.1 Å². The minimum atomic E-state index is -0.220. The van der Waals surface area contributed by atoms with E-state index in [2.05, 4.69) is 49.8 Å². The Morgan fingerprint density at radius 1 is 0.935 bits per heavy atom. The number of nitrogens with zero attached hydrogens (tertiary/aromatic N) is 5. The van der Waals surface area contributed by atoms with E-state index < -0.39 is 0 Å². The molecule has 0 radical (unpaired) electrons. The second-order valence-corrected chi connectivity index (χ2v) is 9.60. The van der Waals surface area contributed by atoms with Gasteiger partial charge in [-0.3, -0.25) is 24.6 Å². The largest absolute Gasteiger partial charge is 0.342 e. The van der Waals surface area contributed by atoms with Crippen molar-refractivity contribution in [2.45, 2.75) is 39.3 Å². The molecule has 5 rings (SSSR count). The highest BCUT2D eigenvalue weighted by Crippen LogP contribution is 2.58. The van der Waals surface area contributed by atoms with Crippen molar-refractivity contribution >= 4 is 5.91 Å². The van der Waals surface area contributed by atoms with Gasteiger partial charge < -0.3 is 4.90 Å². The Labute approximate surface area is 185 Å². The zero-order chi connectivity index (χ0) is 21.3. The highest BCUT2D eigenvalue weighted by atomic mass is 16.2. The number of carbonyl (C=O) groups is 1. The molecule has 0 aliphatic carbocycles.